The number of hydrogen-bond donors (Lipinski definition) is 0. The standard InChI is InChI=1S/C55H102O6/c1-4-7-10-13-16-19-21-23-25-27-29-31-33-36-39-42-45-48-54(57)60-51-52(50-59-53(56)47-44-41-38-35-18-15-12-9-6-3)61-55(58)49-46-43-40-37-34-32-30-28-26-24-22-20-17-14-11-8-5-2/h23-26,52H,4-22,27-51H2,1-3H3/b25-23-,26-24-/t52-/m1/s1. The molecule has 0 bridgehead atoms. The van der Waals surface area contributed by atoms with E-state index in [4.69, 9.17) is 14.2 Å². The highest BCUT2D eigenvalue weighted by atomic mass is 16.6. The molecule has 0 heterocycles. The van der Waals surface area contributed by atoms with Gasteiger partial charge in [-0.25, -0.2) is 0 Å². The first kappa shape index (κ1) is 58.9. The second-order valence-electron chi connectivity index (χ2n) is 18.1. The van der Waals surface area contributed by atoms with Crippen LogP contribution in [0.25, 0.3) is 0 Å². The highest BCUT2D eigenvalue weighted by Gasteiger charge is 2.19. The number of hydrogen-bond acceptors (Lipinski definition) is 6. The second kappa shape index (κ2) is 50.5. The fourth-order valence-corrected chi connectivity index (χ4v) is 7.84. The number of ether oxygens (including phenoxy) is 3. The first-order chi connectivity index (χ1) is 30.0. The minimum Gasteiger partial charge on any atom is -0.462 e. The van der Waals surface area contributed by atoms with Gasteiger partial charge in [-0.2, -0.15) is 0 Å². The number of unbranched alkanes of at least 4 members (excludes halogenated alkanes) is 34. The molecule has 0 radical (unpaired) electrons. The maximum Gasteiger partial charge on any atom is 0.306 e. The maximum atomic E-state index is 12.8. The quantitative estimate of drug-likeness (QED) is 0.0262. The molecule has 0 aromatic heterocycles. The molecule has 0 fully saturated rings. The zero-order valence-corrected chi connectivity index (χ0v) is 40.9. The van der Waals surface area contributed by atoms with Crippen molar-refractivity contribution in [2.24, 2.45) is 0 Å². The number of carbonyl (C=O) groups is 3. The molecule has 1 atom stereocenters. The van der Waals surface area contributed by atoms with Gasteiger partial charge in [-0.3, -0.25) is 14.4 Å². The van der Waals surface area contributed by atoms with E-state index < -0.39 is 6.10 Å². The van der Waals surface area contributed by atoms with Gasteiger partial charge in [0.15, 0.2) is 6.10 Å². The van der Waals surface area contributed by atoms with Crippen molar-refractivity contribution in [3.05, 3.63) is 24.3 Å². The highest BCUT2D eigenvalue weighted by Crippen LogP contribution is 2.15. The van der Waals surface area contributed by atoms with Crippen LogP contribution < -0.4 is 0 Å². The van der Waals surface area contributed by atoms with E-state index in [2.05, 4.69) is 45.1 Å². The zero-order chi connectivity index (χ0) is 44.4. The minimum atomic E-state index is -0.770. The summed E-state index contributed by atoms with van der Waals surface area (Å²) in [5.74, 6) is -0.869. The first-order valence-electron chi connectivity index (χ1n) is 26.8. The average molecular weight is 859 g/mol. The summed E-state index contributed by atoms with van der Waals surface area (Å²) in [7, 11) is 0. The van der Waals surface area contributed by atoms with Crippen LogP contribution in [0.3, 0.4) is 0 Å². The Kier molecular flexibility index (Phi) is 48.8. The van der Waals surface area contributed by atoms with Gasteiger partial charge >= 0.3 is 17.9 Å². The van der Waals surface area contributed by atoms with Crippen LogP contribution in [0.15, 0.2) is 24.3 Å². The molecule has 0 amide bonds. The fraction of sp³-hybridized carbons (Fsp3) is 0.873. The van der Waals surface area contributed by atoms with Crippen LogP contribution >= 0.6 is 0 Å². The molecular formula is C55H102O6. The van der Waals surface area contributed by atoms with E-state index >= 15 is 0 Å². The van der Waals surface area contributed by atoms with Crippen molar-refractivity contribution in [3.8, 4) is 0 Å². The lowest BCUT2D eigenvalue weighted by molar-refractivity contribution is -0.167. The van der Waals surface area contributed by atoms with Crippen LogP contribution in [0, 0.1) is 0 Å². The molecular weight excluding hydrogens is 757 g/mol. The van der Waals surface area contributed by atoms with E-state index in [9.17, 15) is 14.4 Å². The Balaban J connectivity index is 4.29. The molecule has 0 aliphatic heterocycles. The molecule has 0 saturated carbocycles. The number of esters is 3. The Morgan fingerprint density at radius 2 is 0.541 bits per heavy atom. The van der Waals surface area contributed by atoms with Crippen LogP contribution in [0.4, 0.5) is 0 Å². The van der Waals surface area contributed by atoms with Gasteiger partial charge < -0.3 is 14.2 Å². The van der Waals surface area contributed by atoms with Crippen molar-refractivity contribution in [1.82, 2.24) is 0 Å². The van der Waals surface area contributed by atoms with E-state index in [0.717, 1.165) is 57.8 Å². The van der Waals surface area contributed by atoms with Crippen LogP contribution in [0.1, 0.15) is 290 Å². The average Bonchev–Trinajstić information content (AvgIpc) is 3.26. The van der Waals surface area contributed by atoms with Crippen LogP contribution in [-0.2, 0) is 28.6 Å². The summed E-state index contributed by atoms with van der Waals surface area (Å²) in [6.45, 7) is 6.63. The molecule has 0 rings (SSSR count). The molecule has 61 heavy (non-hydrogen) atoms. The zero-order valence-electron chi connectivity index (χ0n) is 40.9. The smallest absolute Gasteiger partial charge is 0.306 e. The lowest BCUT2D eigenvalue weighted by Crippen LogP contribution is -2.30. The van der Waals surface area contributed by atoms with E-state index in [-0.39, 0.29) is 31.1 Å². The lowest BCUT2D eigenvalue weighted by Gasteiger charge is -2.18. The van der Waals surface area contributed by atoms with E-state index in [1.165, 1.54) is 193 Å². The Hall–Kier alpha value is -2.11. The Labute approximate surface area is 379 Å². The summed E-state index contributed by atoms with van der Waals surface area (Å²) in [5, 5.41) is 0. The van der Waals surface area contributed by atoms with Crippen molar-refractivity contribution in [2.45, 2.75) is 297 Å². The summed E-state index contributed by atoms with van der Waals surface area (Å²) in [6, 6.07) is 0. The third-order valence-electron chi connectivity index (χ3n) is 11.9. The first-order valence-corrected chi connectivity index (χ1v) is 26.8. The molecule has 0 aromatic carbocycles. The van der Waals surface area contributed by atoms with Crippen molar-refractivity contribution >= 4 is 17.9 Å². The third-order valence-corrected chi connectivity index (χ3v) is 11.9. The lowest BCUT2D eigenvalue weighted by atomic mass is 10.1. The van der Waals surface area contributed by atoms with Crippen molar-refractivity contribution in [2.75, 3.05) is 13.2 Å². The largest absolute Gasteiger partial charge is 0.462 e. The molecule has 0 aliphatic carbocycles. The summed E-state index contributed by atoms with van der Waals surface area (Å²) in [4.78, 5) is 37.9. The summed E-state index contributed by atoms with van der Waals surface area (Å²) >= 11 is 0. The van der Waals surface area contributed by atoms with Gasteiger partial charge in [0.05, 0.1) is 0 Å². The van der Waals surface area contributed by atoms with Crippen LogP contribution in [0.5, 0.6) is 0 Å². The Morgan fingerprint density at radius 1 is 0.311 bits per heavy atom. The van der Waals surface area contributed by atoms with Gasteiger partial charge in [0, 0.05) is 19.3 Å². The monoisotopic (exact) mass is 859 g/mol. The van der Waals surface area contributed by atoms with Gasteiger partial charge in [-0.15, -0.1) is 0 Å². The molecule has 0 N–H and O–H groups in total. The SMILES string of the molecule is CCCCCCCC/C=C\CCCCCCCCCC(=O)OC[C@@H](COC(=O)CCCCCCCCCCC)OC(=O)CCCCCCCCC/C=C\CCCCCCCC. The molecule has 0 aromatic rings. The third kappa shape index (κ3) is 48.8. The van der Waals surface area contributed by atoms with Crippen molar-refractivity contribution < 1.29 is 28.6 Å². The summed E-state index contributed by atoms with van der Waals surface area (Å²) in [6.07, 6.45) is 57.4. The topological polar surface area (TPSA) is 78.9 Å². The molecule has 6 heteroatoms. The van der Waals surface area contributed by atoms with Gasteiger partial charge in [-0.1, -0.05) is 225 Å². The molecule has 0 aliphatic rings. The predicted molar refractivity (Wildman–Crippen MR) is 261 cm³/mol. The van der Waals surface area contributed by atoms with Crippen LogP contribution in [-0.4, -0.2) is 37.2 Å². The van der Waals surface area contributed by atoms with Gasteiger partial charge in [-0.05, 0) is 70.6 Å². The van der Waals surface area contributed by atoms with Crippen molar-refractivity contribution in [3.63, 3.8) is 0 Å². The normalized spacial score (nSPS) is 12.1. The molecule has 0 saturated heterocycles. The summed E-state index contributed by atoms with van der Waals surface area (Å²) < 4.78 is 16.8. The molecule has 0 spiro atoms. The minimum absolute atomic E-state index is 0.0710. The van der Waals surface area contributed by atoms with Crippen molar-refractivity contribution in [1.29, 1.82) is 0 Å². The second-order valence-corrected chi connectivity index (χ2v) is 18.1. The van der Waals surface area contributed by atoms with Gasteiger partial charge in [0.2, 0.25) is 0 Å². The highest BCUT2D eigenvalue weighted by molar-refractivity contribution is 5.71. The molecule has 0 unspecified atom stereocenters. The molecule has 358 valence electrons. The molecule has 6 nitrogen and oxygen atoms in total. The number of allylic oxidation sites excluding steroid dienone is 4. The van der Waals surface area contributed by atoms with E-state index in [1.54, 1.807) is 0 Å². The maximum absolute atomic E-state index is 12.8. The Morgan fingerprint density at radius 3 is 0.820 bits per heavy atom. The number of rotatable bonds is 49. The van der Waals surface area contributed by atoms with E-state index in [1.807, 2.05) is 0 Å². The fourth-order valence-electron chi connectivity index (χ4n) is 7.84. The van der Waals surface area contributed by atoms with E-state index in [0.29, 0.717) is 19.3 Å². The summed E-state index contributed by atoms with van der Waals surface area (Å²) in [5.41, 5.74) is 0. The van der Waals surface area contributed by atoms with Crippen LogP contribution in [0.2, 0.25) is 0 Å². The predicted octanol–water partition coefficient (Wildman–Crippen LogP) is 17.5. The number of carbonyl (C=O) groups excluding carboxylic acids is 3. The van der Waals surface area contributed by atoms with Gasteiger partial charge in [0.1, 0.15) is 13.2 Å². The van der Waals surface area contributed by atoms with Gasteiger partial charge in [0.25, 0.3) is 0 Å². The Bertz CT molecular complexity index is 989.